The van der Waals surface area contributed by atoms with E-state index in [1.165, 1.54) is 0 Å². The molecule has 0 aromatic carbocycles. The summed E-state index contributed by atoms with van der Waals surface area (Å²) in [6.07, 6.45) is -1.45. The Labute approximate surface area is 109 Å². The lowest BCUT2D eigenvalue weighted by Gasteiger charge is -2.16. The Morgan fingerprint density at radius 1 is 1.21 bits per heavy atom. The Kier molecular flexibility index (Phi) is 2.77. The molecular weight excluding hydrogens is 248 g/mol. The third-order valence-electron chi connectivity index (χ3n) is 3.46. The number of fused-ring (bicyclic) bond motifs is 1. The molecule has 102 valence electrons. The van der Waals surface area contributed by atoms with Crippen LogP contribution < -0.4 is 0 Å². The molecule has 1 fully saturated rings. The van der Waals surface area contributed by atoms with Crippen LogP contribution in [0.2, 0.25) is 0 Å². The molecule has 0 bridgehead atoms. The van der Waals surface area contributed by atoms with Crippen LogP contribution in [0, 0.1) is 13.8 Å². The molecule has 0 aliphatic carbocycles. The number of imidazole rings is 1. The van der Waals surface area contributed by atoms with Gasteiger partial charge in [0.05, 0.1) is 18.1 Å². The van der Waals surface area contributed by atoms with Crippen LogP contribution in [-0.2, 0) is 4.74 Å². The van der Waals surface area contributed by atoms with Gasteiger partial charge in [-0.3, -0.25) is 4.57 Å². The summed E-state index contributed by atoms with van der Waals surface area (Å²) in [5.74, 6) is 0.632. The van der Waals surface area contributed by atoms with Crippen molar-refractivity contribution in [2.75, 3.05) is 0 Å². The number of nitrogens with zero attached hydrogens (tertiary/aromatic N) is 4. The van der Waals surface area contributed by atoms with Gasteiger partial charge < -0.3 is 14.9 Å². The van der Waals surface area contributed by atoms with Gasteiger partial charge in [-0.05, 0) is 20.8 Å². The van der Waals surface area contributed by atoms with E-state index in [4.69, 9.17) is 4.74 Å². The molecule has 2 N–H and O–H groups in total. The maximum absolute atomic E-state index is 10.0. The Bertz CT molecular complexity index is 627. The largest absolute Gasteiger partial charge is 0.388 e. The number of hydrogen-bond acceptors (Lipinski definition) is 6. The summed E-state index contributed by atoms with van der Waals surface area (Å²) in [6, 6.07) is 0. The predicted molar refractivity (Wildman–Crippen MR) is 66.4 cm³/mol. The van der Waals surface area contributed by atoms with Crippen molar-refractivity contribution in [3.63, 3.8) is 0 Å². The Morgan fingerprint density at radius 2 is 1.95 bits per heavy atom. The minimum atomic E-state index is -0.997. The molecule has 1 saturated heterocycles. The van der Waals surface area contributed by atoms with Crippen LogP contribution in [0.5, 0.6) is 0 Å². The molecule has 7 heteroatoms. The van der Waals surface area contributed by atoms with Crippen molar-refractivity contribution in [2.24, 2.45) is 0 Å². The number of hydrogen-bond donors (Lipinski definition) is 2. The normalized spacial score (nSPS) is 31.2. The van der Waals surface area contributed by atoms with E-state index in [2.05, 4.69) is 15.0 Å². The molecule has 2 aromatic rings. The highest BCUT2D eigenvalue weighted by Crippen LogP contribution is 2.31. The SMILES string of the molecule is Cc1nc(C)c2ncn([C@@H]3O[C@H](C)[C@H](O)C3O)c2n1. The van der Waals surface area contributed by atoms with E-state index in [-0.39, 0.29) is 0 Å². The van der Waals surface area contributed by atoms with Gasteiger partial charge in [0.25, 0.3) is 0 Å². The lowest BCUT2D eigenvalue weighted by atomic mass is 10.1. The summed E-state index contributed by atoms with van der Waals surface area (Å²) in [7, 11) is 0. The van der Waals surface area contributed by atoms with E-state index >= 15 is 0 Å². The van der Waals surface area contributed by atoms with Crippen molar-refractivity contribution < 1.29 is 14.9 Å². The number of rotatable bonds is 1. The molecule has 3 heterocycles. The van der Waals surface area contributed by atoms with E-state index < -0.39 is 24.5 Å². The second-order valence-electron chi connectivity index (χ2n) is 4.89. The van der Waals surface area contributed by atoms with Crippen molar-refractivity contribution in [1.82, 2.24) is 19.5 Å². The summed E-state index contributed by atoms with van der Waals surface area (Å²) in [5.41, 5.74) is 2.06. The van der Waals surface area contributed by atoms with Gasteiger partial charge in [0, 0.05) is 0 Å². The lowest BCUT2D eigenvalue weighted by molar-refractivity contribution is -0.0299. The Hall–Kier alpha value is -1.57. The van der Waals surface area contributed by atoms with Gasteiger partial charge >= 0.3 is 0 Å². The van der Waals surface area contributed by atoms with Crippen LogP contribution in [0.4, 0.5) is 0 Å². The van der Waals surface area contributed by atoms with Gasteiger partial charge in [-0.25, -0.2) is 15.0 Å². The van der Waals surface area contributed by atoms with E-state index in [1.807, 2.05) is 6.92 Å². The predicted octanol–water partition coefficient (Wildman–Crippen LogP) is 0.0822. The number of aliphatic hydroxyl groups excluding tert-OH is 2. The first-order chi connectivity index (χ1) is 8.99. The molecule has 0 spiro atoms. The van der Waals surface area contributed by atoms with Gasteiger partial charge in [-0.1, -0.05) is 0 Å². The molecule has 4 atom stereocenters. The minimum absolute atomic E-state index is 0.429. The van der Waals surface area contributed by atoms with Crippen LogP contribution in [0.25, 0.3) is 11.2 Å². The van der Waals surface area contributed by atoms with Crippen molar-refractivity contribution >= 4 is 11.2 Å². The zero-order chi connectivity index (χ0) is 13.7. The van der Waals surface area contributed by atoms with E-state index in [0.29, 0.717) is 17.0 Å². The molecule has 0 radical (unpaired) electrons. The van der Waals surface area contributed by atoms with Gasteiger partial charge in [0.2, 0.25) is 0 Å². The molecule has 0 saturated carbocycles. The fraction of sp³-hybridized carbons (Fsp3) is 0.583. The average molecular weight is 264 g/mol. The average Bonchev–Trinajstić information content (AvgIpc) is 2.86. The molecule has 0 amide bonds. The van der Waals surface area contributed by atoms with Crippen LogP contribution >= 0.6 is 0 Å². The van der Waals surface area contributed by atoms with E-state index in [0.717, 1.165) is 5.69 Å². The summed E-state index contributed by atoms with van der Waals surface area (Å²) in [6.45, 7) is 5.38. The van der Waals surface area contributed by atoms with E-state index in [9.17, 15) is 10.2 Å². The van der Waals surface area contributed by atoms with Gasteiger partial charge in [0.15, 0.2) is 11.9 Å². The quantitative estimate of drug-likeness (QED) is 0.757. The molecule has 19 heavy (non-hydrogen) atoms. The topological polar surface area (TPSA) is 93.3 Å². The summed E-state index contributed by atoms with van der Waals surface area (Å²) in [4.78, 5) is 12.8. The summed E-state index contributed by atoms with van der Waals surface area (Å²) >= 11 is 0. The second-order valence-corrected chi connectivity index (χ2v) is 4.89. The highest BCUT2D eigenvalue weighted by molar-refractivity contribution is 5.73. The summed E-state index contributed by atoms with van der Waals surface area (Å²) in [5, 5.41) is 19.8. The van der Waals surface area contributed by atoms with Gasteiger partial charge in [0.1, 0.15) is 23.5 Å². The summed E-state index contributed by atoms with van der Waals surface area (Å²) < 4.78 is 7.23. The third kappa shape index (κ3) is 1.81. The number of aryl methyl sites for hydroxylation is 2. The zero-order valence-electron chi connectivity index (χ0n) is 11.0. The zero-order valence-corrected chi connectivity index (χ0v) is 11.0. The molecule has 7 nitrogen and oxygen atoms in total. The molecule has 1 unspecified atom stereocenters. The standard InChI is InChI=1S/C12H16N4O3/c1-5-8-11(15-7(3)14-5)16(4-13-8)12-10(18)9(17)6(2)19-12/h4,6,9-10,12,17-18H,1-3H3/t6-,9+,10?,12-/m1/s1. The molecule has 3 rings (SSSR count). The number of aliphatic hydroxyl groups is 2. The first-order valence-corrected chi connectivity index (χ1v) is 6.18. The number of aromatic nitrogens is 4. The van der Waals surface area contributed by atoms with Crippen molar-refractivity contribution in [2.45, 2.75) is 45.3 Å². The Morgan fingerprint density at radius 3 is 2.58 bits per heavy atom. The van der Waals surface area contributed by atoms with Crippen LogP contribution in [0.3, 0.4) is 0 Å². The molecular formula is C12H16N4O3. The van der Waals surface area contributed by atoms with Crippen molar-refractivity contribution in [3.05, 3.63) is 17.8 Å². The van der Waals surface area contributed by atoms with Crippen LogP contribution in [0.1, 0.15) is 24.7 Å². The monoisotopic (exact) mass is 264 g/mol. The van der Waals surface area contributed by atoms with Gasteiger partial charge in [-0.2, -0.15) is 0 Å². The minimum Gasteiger partial charge on any atom is -0.388 e. The first kappa shape index (κ1) is 12.5. The van der Waals surface area contributed by atoms with Crippen molar-refractivity contribution in [1.29, 1.82) is 0 Å². The van der Waals surface area contributed by atoms with Gasteiger partial charge in [-0.15, -0.1) is 0 Å². The highest BCUT2D eigenvalue weighted by Gasteiger charge is 2.42. The third-order valence-corrected chi connectivity index (χ3v) is 3.46. The fourth-order valence-corrected chi connectivity index (χ4v) is 2.44. The smallest absolute Gasteiger partial charge is 0.166 e. The lowest BCUT2D eigenvalue weighted by Crippen LogP contribution is -2.30. The van der Waals surface area contributed by atoms with Crippen LogP contribution in [0.15, 0.2) is 6.33 Å². The molecule has 2 aromatic heterocycles. The van der Waals surface area contributed by atoms with E-state index in [1.54, 1.807) is 24.7 Å². The highest BCUT2D eigenvalue weighted by atomic mass is 16.6. The van der Waals surface area contributed by atoms with Crippen molar-refractivity contribution in [3.8, 4) is 0 Å². The maximum Gasteiger partial charge on any atom is 0.166 e. The maximum atomic E-state index is 10.0. The Balaban J connectivity index is 2.11. The second kappa shape index (κ2) is 4.22. The molecule has 1 aliphatic heterocycles. The number of ether oxygens (including phenoxy) is 1. The molecule has 1 aliphatic rings. The van der Waals surface area contributed by atoms with Crippen LogP contribution in [-0.4, -0.2) is 48.0 Å². The first-order valence-electron chi connectivity index (χ1n) is 6.18. The fourth-order valence-electron chi connectivity index (χ4n) is 2.44.